The van der Waals surface area contributed by atoms with Crippen LogP contribution in [-0.4, -0.2) is 45.1 Å². The smallest absolute Gasteiger partial charge is 0.251 e. The first-order valence-electron chi connectivity index (χ1n) is 14.6. The molecule has 0 fully saturated rings. The maximum atomic E-state index is 8.31. The Balaban J connectivity index is 2.15. The van der Waals surface area contributed by atoms with Crippen molar-refractivity contribution >= 4 is 37.4 Å². The molecule has 4 aromatic carbocycles. The Morgan fingerprint density at radius 1 is 0.349 bits per heavy atom. The average molecular weight is 615 g/mol. The van der Waals surface area contributed by atoms with E-state index >= 15 is 0 Å². The first-order chi connectivity index (χ1) is 20.4. The molecule has 43 heavy (non-hydrogen) atoms. The van der Waals surface area contributed by atoms with Crippen LogP contribution in [0.25, 0.3) is 0 Å². The first-order valence-corrected chi connectivity index (χ1v) is 18.5. The summed E-state index contributed by atoms with van der Waals surface area (Å²) in [4.78, 5) is 0. The Morgan fingerprint density at radius 3 is 0.674 bits per heavy atom. The lowest BCUT2D eigenvalue weighted by atomic mass is 10.2. The molecule has 0 atom stereocenters. The Labute approximate surface area is 260 Å². The molecule has 4 aromatic rings. The fourth-order valence-electron chi connectivity index (χ4n) is 6.14. The van der Waals surface area contributed by atoms with Crippen molar-refractivity contribution in [3.8, 4) is 23.0 Å². The zero-order valence-corrected chi connectivity index (χ0v) is 29.3. The molecule has 0 aromatic heterocycles. The second-order valence-electron chi connectivity index (χ2n) is 12.9. The van der Waals surface area contributed by atoms with Crippen molar-refractivity contribution in [3.05, 3.63) is 97.1 Å². The van der Waals surface area contributed by atoms with Gasteiger partial charge in [-0.15, -0.1) is 0 Å². The number of benzene rings is 4. The van der Waals surface area contributed by atoms with Gasteiger partial charge in [-0.3, -0.25) is 0 Å². The fraction of sp³-hybridized carbons (Fsp3) is 0.333. The molecule has 0 radical (unpaired) electrons. The molecule has 228 valence electrons. The van der Waals surface area contributed by atoms with Crippen LogP contribution in [0, 0.1) is 0 Å². The molecular formula is C36H46O5Si2. The summed E-state index contributed by atoms with van der Waals surface area (Å²) in [5.74, 6) is 3.28. The molecule has 0 spiro atoms. The summed E-state index contributed by atoms with van der Waals surface area (Å²) in [5, 5.41) is 4.25. The first kappa shape index (κ1) is 32.4. The molecule has 0 amide bonds. The Morgan fingerprint density at radius 2 is 0.535 bits per heavy atom. The van der Waals surface area contributed by atoms with Gasteiger partial charge in [-0.25, -0.2) is 0 Å². The number of methoxy groups -OCH3 is 4. The lowest BCUT2D eigenvalue weighted by Gasteiger charge is -2.53. The minimum Gasteiger partial charge on any atom is -0.497 e. The number of hydrogen-bond donors (Lipinski definition) is 0. The van der Waals surface area contributed by atoms with E-state index in [1.807, 2.05) is 0 Å². The van der Waals surface area contributed by atoms with E-state index < -0.39 is 16.6 Å². The second kappa shape index (κ2) is 12.6. The highest BCUT2D eigenvalue weighted by atomic mass is 28.4. The van der Waals surface area contributed by atoms with Crippen LogP contribution >= 0.6 is 0 Å². The van der Waals surface area contributed by atoms with Crippen LogP contribution in [0.4, 0.5) is 0 Å². The van der Waals surface area contributed by atoms with Gasteiger partial charge in [0.1, 0.15) is 23.0 Å². The molecule has 0 aliphatic rings. The standard InChI is InChI=1S/C36H46O5Si2/c1-35(2,3)42(31-19-11-27(37-7)12-20-31,32-21-13-28(38-8)14-22-32)41-43(36(4,5)6,33-23-15-29(39-9)16-24-33)34-25-17-30(40-10)18-26-34/h11-26H,1-10H3. The molecule has 4 rings (SSSR count). The Bertz CT molecular complexity index is 1260. The van der Waals surface area contributed by atoms with Crippen LogP contribution in [0.15, 0.2) is 97.1 Å². The Kier molecular flexibility index (Phi) is 9.49. The van der Waals surface area contributed by atoms with E-state index in [-0.39, 0.29) is 10.1 Å². The molecule has 0 saturated carbocycles. The summed E-state index contributed by atoms with van der Waals surface area (Å²) < 4.78 is 30.6. The second-order valence-corrected chi connectivity index (χ2v) is 21.7. The highest BCUT2D eigenvalue weighted by Crippen LogP contribution is 2.45. The number of hydrogen-bond acceptors (Lipinski definition) is 5. The van der Waals surface area contributed by atoms with Gasteiger partial charge < -0.3 is 23.1 Å². The molecule has 0 aliphatic carbocycles. The quantitative estimate of drug-likeness (QED) is 0.200. The van der Waals surface area contributed by atoms with Crippen molar-refractivity contribution in [2.45, 2.75) is 51.6 Å². The average Bonchev–Trinajstić information content (AvgIpc) is 3.01. The van der Waals surface area contributed by atoms with Crippen LogP contribution in [0.2, 0.25) is 10.1 Å². The molecular weight excluding hydrogens is 569 g/mol. The van der Waals surface area contributed by atoms with Crippen LogP contribution in [0.3, 0.4) is 0 Å². The topological polar surface area (TPSA) is 46.2 Å². The predicted octanol–water partition coefficient (Wildman–Crippen LogP) is 6.16. The summed E-state index contributed by atoms with van der Waals surface area (Å²) >= 11 is 0. The van der Waals surface area contributed by atoms with Gasteiger partial charge in [-0.2, -0.15) is 0 Å². The summed E-state index contributed by atoms with van der Waals surface area (Å²) in [6.45, 7) is 13.9. The maximum absolute atomic E-state index is 8.31. The minimum atomic E-state index is -3.09. The third-order valence-corrected chi connectivity index (χ3v) is 19.7. The summed E-state index contributed by atoms with van der Waals surface area (Å²) in [6, 6.07) is 34.0. The van der Waals surface area contributed by atoms with Crippen molar-refractivity contribution in [3.63, 3.8) is 0 Å². The van der Waals surface area contributed by atoms with Gasteiger partial charge in [0.25, 0.3) is 16.6 Å². The number of ether oxygens (including phenoxy) is 4. The SMILES string of the molecule is COc1ccc([Si](O[Si](c2ccc(OC)cc2)(c2ccc(OC)cc2)C(C)(C)C)(c2ccc(OC)cc2)C(C)(C)C)cc1. The third-order valence-electron chi connectivity index (χ3n) is 8.40. The fourth-order valence-corrected chi connectivity index (χ4v) is 19.0. The van der Waals surface area contributed by atoms with Gasteiger partial charge >= 0.3 is 0 Å². The molecule has 0 unspecified atom stereocenters. The molecule has 0 saturated heterocycles. The highest BCUT2D eigenvalue weighted by molar-refractivity contribution is 7.11. The number of rotatable bonds is 10. The normalized spacial score (nSPS) is 12.5. The van der Waals surface area contributed by atoms with Crippen LogP contribution < -0.4 is 39.7 Å². The van der Waals surface area contributed by atoms with Gasteiger partial charge in [0.05, 0.1) is 28.4 Å². The van der Waals surface area contributed by atoms with E-state index in [2.05, 4.69) is 139 Å². The van der Waals surface area contributed by atoms with Gasteiger partial charge in [0.2, 0.25) is 0 Å². The zero-order chi connectivity index (χ0) is 31.5. The third kappa shape index (κ3) is 5.99. The lowest BCUT2D eigenvalue weighted by Crippen LogP contribution is -2.78. The zero-order valence-electron chi connectivity index (χ0n) is 27.3. The van der Waals surface area contributed by atoms with E-state index in [9.17, 15) is 0 Å². The van der Waals surface area contributed by atoms with E-state index in [1.54, 1.807) is 28.4 Å². The molecule has 0 heterocycles. The minimum absolute atomic E-state index is 0.251. The lowest BCUT2D eigenvalue weighted by molar-refractivity contribution is 0.414. The van der Waals surface area contributed by atoms with Gasteiger partial charge in [-0.05, 0) is 79.4 Å². The molecule has 0 N–H and O–H groups in total. The van der Waals surface area contributed by atoms with E-state index in [4.69, 9.17) is 23.1 Å². The molecule has 5 nitrogen and oxygen atoms in total. The van der Waals surface area contributed by atoms with E-state index in [0.717, 1.165) is 23.0 Å². The highest BCUT2D eigenvalue weighted by Gasteiger charge is 2.60. The molecule has 0 bridgehead atoms. The van der Waals surface area contributed by atoms with Gasteiger partial charge in [0.15, 0.2) is 0 Å². The van der Waals surface area contributed by atoms with Crippen molar-refractivity contribution in [2.75, 3.05) is 28.4 Å². The molecule has 0 aliphatic heterocycles. The van der Waals surface area contributed by atoms with Crippen LogP contribution in [-0.2, 0) is 4.12 Å². The van der Waals surface area contributed by atoms with Crippen LogP contribution in [0.5, 0.6) is 23.0 Å². The van der Waals surface area contributed by atoms with Gasteiger partial charge in [0, 0.05) is 0 Å². The van der Waals surface area contributed by atoms with Crippen molar-refractivity contribution in [1.29, 1.82) is 0 Å². The Hall–Kier alpha value is -3.53. The summed E-state index contributed by atoms with van der Waals surface area (Å²) in [7, 11) is 0.636. The van der Waals surface area contributed by atoms with Crippen molar-refractivity contribution < 1.29 is 23.1 Å². The monoisotopic (exact) mass is 614 g/mol. The van der Waals surface area contributed by atoms with E-state index in [0.29, 0.717) is 0 Å². The van der Waals surface area contributed by atoms with E-state index in [1.165, 1.54) is 20.7 Å². The molecule has 7 heteroatoms. The van der Waals surface area contributed by atoms with Crippen molar-refractivity contribution in [1.82, 2.24) is 0 Å². The van der Waals surface area contributed by atoms with Crippen molar-refractivity contribution in [2.24, 2.45) is 0 Å². The predicted molar refractivity (Wildman–Crippen MR) is 183 cm³/mol. The summed E-state index contributed by atoms with van der Waals surface area (Å²) in [5.41, 5.74) is 0. The summed E-state index contributed by atoms with van der Waals surface area (Å²) in [6.07, 6.45) is 0. The largest absolute Gasteiger partial charge is 0.497 e. The van der Waals surface area contributed by atoms with Crippen LogP contribution in [0.1, 0.15) is 41.5 Å². The maximum Gasteiger partial charge on any atom is 0.251 e. The van der Waals surface area contributed by atoms with Gasteiger partial charge in [-0.1, -0.05) is 90.1 Å².